The van der Waals surface area contributed by atoms with Crippen LogP contribution in [-0.2, 0) is 6.54 Å². The van der Waals surface area contributed by atoms with E-state index >= 15 is 0 Å². The summed E-state index contributed by atoms with van der Waals surface area (Å²) < 4.78 is 2.08. The highest BCUT2D eigenvalue weighted by molar-refractivity contribution is 5.78. The molecule has 0 radical (unpaired) electrons. The van der Waals surface area contributed by atoms with E-state index in [2.05, 4.69) is 40.2 Å². The van der Waals surface area contributed by atoms with Gasteiger partial charge in [-0.15, -0.1) is 0 Å². The van der Waals surface area contributed by atoms with Crippen molar-refractivity contribution in [3.05, 3.63) is 30.5 Å². The van der Waals surface area contributed by atoms with E-state index in [9.17, 15) is 0 Å². The first-order chi connectivity index (χ1) is 7.42. The Labute approximate surface area is 90.1 Å². The molecule has 0 saturated heterocycles. The van der Waals surface area contributed by atoms with E-state index < -0.39 is 0 Å². The molecule has 1 heterocycles. The molecule has 0 aliphatic heterocycles. The standard InChI is InChI=1S/C12H17N3/c1-2-13-8-5-9-15-12-7-4-3-6-11(12)10-14-15/h3-4,6-7,10,13H,2,5,8-9H2,1H3. The lowest BCUT2D eigenvalue weighted by atomic mass is 10.2. The second kappa shape index (κ2) is 4.94. The zero-order valence-corrected chi connectivity index (χ0v) is 9.11. The van der Waals surface area contributed by atoms with Crippen LogP contribution >= 0.6 is 0 Å². The van der Waals surface area contributed by atoms with Crippen molar-refractivity contribution in [1.29, 1.82) is 0 Å². The molecule has 15 heavy (non-hydrogen) atoms. The third kappa shape index (κ3) is 2.36. The van der Waals surface area contributed by atoms with Crippen LogP contribution in [0.5, 0.6) is 0 Å². The van der Waals surface area contributed by atoms with Crippen LogP contribution in [0, 0.1) is 0 Å². The van der Waals surface area contributed by atoms with Crippen molar-refractivity contribution in [3.63, 3.8) is 0 Å². The maximum absolute atomic E-state index is 4.38. The Morgan fingerprint density at radius 3 is 3.07 bits per heavy atom. The summed E-state index contributed by atoms with van der Waals surface area (Å²) in [6, 6.07) is 8.33. The average Bonchev–Trinajstić information content (AvgIpc) is 2.68. The molecule has 1 aromatic heterocycles. The van der Waals surface area contributed by atoms with Crippen LogP contribution in [0.25, 0.3) is 10.9 Å². The topological polar surface area (TPSA) is 29.9 Å². The van der Waals surface area contributed by atoms with Crippen molar-refractivity contribution < 1.29 is 0 Å². The van der Waals surface area contributed by atoms with E-state index in [1.807, 2.05) is 12.3 Å². The van der Waals surface area contributed by atoms with Crippen LogP contribution in [0.15, 0.2) is 30.5 Å². The zero-order valence-electron chi connectivity index (χ0n) is 9.11. The number of aromatic nitrogens is 2. The van der Waals surface area contributed by atoms with Crippen molar-refractivity contribution >= 4 is 10.9 Å². The Hall–Kier alpha value is -1.35. The summed E-state index contributed by atoms with van der Waals surface area (Å²) in [5.74, 6) is 0. The summed E-state index contributed by atoms with van der Waals surface area (Å²) in [6.07, 6.45) is 3.06. The predicted octanol–water partition coefficient (Wildman–Crippen LogP) is 2.04. The van der Waals surface area contributed by atoms with Crippen molar-refractivity contribution in [3.8, 4) is 0 Å². The fourth-order valence-electron chi connectivity index (χ4n) is 1.73. The predicted molar refractivity (Wildman–Crippen MR) is 62.9 cm³/mol. The number of nitrogens with one attached hydrogen (secondary N) is 1. The molecule has 3 nitrogen and oxygen atoms in total. The Kier molecular flexibility index (Phi) is 3.35. The molecule has 0 aliphatic rings. The minimum absolute atomic E-state index is 0.987. The van der Waals surface area contributed by atoms with Gasteiger partial charge in [0.15, 0.2) is 0 Å². The molecule has 1 aromatic carbocycles. The molecule has 0 bridgehead atoms. The Morgan fingerprint density at radius 2 is 2.20 bits per heavy atom. The zero-order chi connectivity index (χ0) is 10.5. The summed E-state index contributed by atoms with van der Waals surface area (Å²) >= 11 is 0. The number of aryl methyl sites for hydroxylation is 1. The third-order valence-corrected chi connectivity index (χ3v) is 2.52. The van der Waals surface area contributed by atoms with Gasteiger partial charge in [0.25, 0.3) is 0 Å². The van der Waals surface area contributed by atoms with Crippen molar-refractivity contribution in [1.82, 2.24) is 15.1 Å². The molecule has 2 aromatic rings. The first kappa shape index (κ1) is 10.2. The van der Waals surface area contributed by atoms with Crippen molar-refractivity contribution in [2.24, 2.45) is 0 Å². The van der Waals surface area contributed by atoms with Gasteiger partial charge in [0.1, 0.15) is 0 Å². The maximum atomic E-state index is 4.38. The molecule has 3 heteroatoms. The largest absolute Gasteiger partial charge is 0.317 e. The number of nitrogens with zero attached hydrogens (tertiary/aromatic N) is 2. The van der Waals surface area contributed by atoms with E-state index in [1.165, 1.54) is 10.9 Å². The molecule has 1 N–H and O–H groups in total. The first-order valence-corrected chi connectivity index (χ1v) is 5.53. The number of fused-ring (bicyclic) bond motifs is 1. The second-order valence-electron chi connectivity index (χ2n) is 3.63. The molecule has 0 saturated carbocycles. The third-order valence-electron chi connectivity index (χ3n) is 2.52. The van der Waals surface area contributed by atoms with Crippen molar-refractivity contribution in [2.45, 2.75) is 19.9 Å². The average molecular weight is 203 g/mol. The molecule has 0 amide bonds. The highest BCUT2D eigenvalue weighted by Gasteiger charge is 1.99. The van der Waals surface area contributed by atoms with Crippen molar-refractivity contribution in [2.75, 3.05) is 13.1 Å². The fraction of sp³-hybridized carbons (Fsp3) is 0.417. The summed E-state index contributed by atoms with van der Waals surface area (Å²) in [4.78, 5) is 0. The lowest BCUT2D eigenvalue weighted by molar-refractivity contribution is 0.563. The smallest absolute Gasteiger partial charge is 0.0682 e. The monoisotopic (exact) mass is 203 g/mol. The molecular formula is C12H17N3. The summed E-state index contributed by atoms with van der Waals surface area (Å²) in [6.45, 7) is 5.22. The van der Waals surface area contributed by atoms with Gasteiger partial charge >= 0.3 is 0 Å². The molecule has 0 spiro atoms. The van der Waals surface area contributed by atoms with Gasteiger partial charge in [0, 0.05) is 11.9 Å². The number of benzene rings is 1. The first-order valence-electron chi connectivity index (χ1n) is 5.53. The second-order valence-corrected chi connectivity index (χ2v) is 3.63. The van der Waals surface area contributed by atoms with Gasteiger partial charge in [0.05, 0.1) is 11.7 Å². The lowest BCUT2D eigenvalue weighted by Crippen LogP contribution is -2.16. The van der Waals surface area contributed by atoms with Gasteiger partial charge in [-0.2, -0.15) is 5.10 Å². The fourth-order valence-corrected chi connectivity index (χ4v) is 1.73. The molecular weight excluding hydrogens is 186 g/mol. The lowest BCUT2D eigenvalue weighted by Gasteiger charge is -2.03. The van der Waals surface area contributed by atoms with Crippen LogP contribution < -0.4 is 5.32 Å². The summed E-state index contributed by atoms with van der Waals surface area (Å²) in [7, 11) is 0. The number of hydrogen-bond donors (Lipinski definition) is 1. The molecule has 0 atom stereocenters. The van der Waals surface area contributed by atoms with Crippen LogP contribution in [0.4, 0.5) is 0 Å². The SMILES string of the molecule is CCNCCCn1ncc2ccccc21. The number of para-hydroxylation sites is 1. The molecule has 0 fully saturated rings. The van der Waals surface area contributed by atoms with Crippen LogP contribution in [0.1, 0.15) is 13.3 Å². The number of hydrogen-bond acceptors (Lipinski definition) is 2. The van der Waals surface area contributed by atoms with Crippen LogP contribution in [-0.4, -0.2) is 22.9 Å². The van der Waals surface area contributed by atoms with E-state index in [-0.39, 0.29) is 0 Å². The minimum Gasteiger partial charge on any atom is -0.317 e. The van der Waals surface area contributed by atoms with Gasteiger partial charge in [-0.05, 0) is 25.6 Å². The van der Waals surface area contributed by atoms with Gasteiger partial charge in [-0.25, -0.2) is 0 Å². The number of rotatable bonds is 5. The van der Waals surface area contributed by atoms with Gasteiger partial charge < -0.3 is 5.32 Å². The van der Waals surface area contributed by atoms with Gasteiger partial charge in [-0.3, -0.25) is 4.68 Å². The van der Waals surface area contributed by atoms with Crippen LogP contribution in [0.2, 0.25) is 0 Å². The summed E-state index contributed by atoms with van der Waals surface area (Å²) in [5, 5.41) is 8.92. The van der Waals surface area contributed by atoms with E-state index in [1.54, 1.807) is 0 Å². The van der Waals surface area contributed by atoms with E-state index in [4.69, 9.17) is 0 Å². The normalized spacial score (nSPS) is 11.0. The Bertz CT molecular complexity index is 419. The van der Waals surface area contributed by atoms with Gasteiger partial charge in [-0.1, -0.05) is 25.1 Å². The molecule has 0 aliphatic carbocycles. The Morgan fingerprint density at radius 1 is 1.33 bits per heavy atom. The highest BCUT2D eigenvalue weighted by Crippen LogP contribution is 2.12. The quantitative estimate of drug-likeness (QED) is 0.754. The van der Waals surface area contributed by atoms with E-state index in [0.29, 0.717) is 0 Å². The van der Waals surface area contributed by atoms with Crippen LogP contribution in [0.3, 0.4) is 0 Å². The molecule has 0 unspecified atom stereocenters. The Balaban J connectivity index is 2.02. The molecule has 2 rings (SSSR count). The van der Waals surface area contributed by atoms with Gasteiger partial charge in [0.2, 0.25) is 0 Å². The minimum atomic E-state index is 0.987. The maximum Gasteiger partial charge on any atom is 0.0682 e. The van der Waals surface area contributed by atoms with E-state index in [0.717, 1.165) is 26.1 Å². The summed E-state index contributed by atoms with van der Waals surface area (Å²) in [5.41, 5.74) is 1.23. The molecule has 80 valence electrons. The highest BCUT2D eigenvalue weighted by atomic mass is 15.3.